The number of amides is 3. The molecule has 1 aliphatic rings. The van der Waals surface area contributed by atoms with Crippen molar-refractivity contribution in [1.29, 1.82) is 0 Å². The van der Waals surface area contributed by atoms with Crippen LogP contribution in [0.5, 0.6) is 0 Å². The summed E-state index contributed by atoms with van der Waals surface area (Å²) in [5, 5.41) is 8.71. The Kier molecular flexibility index (Phi) is 9.31. The van der Waals surface area contributed by atoms with Crippen LogP contribution in [-0.2, 0) is 6.54 Å². The number of anilines is 3. The monoisotopic (exact) mass is 547 g/mol. The number of halogens is 2. The van der Waals surface area contributed by atoms with Crippen molar-refractivity contribution in [3.8, 4) is 11.3 Å². The summed E-state index contributed by atoms with van der Waals surface area (Å²) in [6.45, 7) is 8.14. The number of aryl methyl sites for hydroxylation is 1. The maximum atomic E-state index is 14.9. The molecule has 40 heavy (non-hydrogen) atoms. The van der Waals surface area contributed by atoms with Gasteiger partial charge in [0.25, 0.3) is 5.91 Å². The number of carbonyl (C=O) groups excluding carboxylic acids is 2. The molecule has 1 aromatic heterocycles. The van der Waals surface area contributed by atoms with E-state index in [9.17, 15) is 18.4 Å². The van der Waals surface area contributed by atoms with Crippen molar-refractivity contribution in [3.05, 3.63) is 64.7 Å². The maximum absolute atomic E-state index is 14.9. The number of carbonyl (C=O) groups is 2. The van der Waals surface area contributed by atoms with Crippen molar-refractivity contribution in [1.82, 2.24) is 25.4 Å². The number of para-hydroxylation sites is 1. The Hall–Kier alpha value is -4.06. The van der Waals surface area contributed by atoms with Gasteiger partial charge >= 0.3 is 6.03 Å². The van der Waals surface area contributed by atoms with E-state index in [0.29, 0.717) is 55.0 Å². The summed E-state index contributed by atoms with van der Waals surface area (Å²) in [6.07, 6.45) is 1.47. The highest BCUT2D eigenvalue weighted by atomic mass is 19.1. The van der Waals surface area contributed by atoms with Crippen LogP contribution in [0.3, 0.4) is 0 Å². The molecule has 3 aromatic rings. The minimum atomic E-state index is -0.911. The Morgan fingerprint density at radius 2 is 1.90 bits per heavy atom. The Morgan fingerprint density at radius 3 is 2.60 bits per heavy atom. The number of aromatic nitrogens is 2. The Labute approximate surface area is 233 Å². The summed E-state index contributed by atoms with van der Waals surface area (Å²) in [7, 11) is 5.87. The molecule has 0 aliphatic carbocycles. The molecule has 12 heteroatoms. The van der Waals surface area contributed by atoms with Crippen LogP contribution < -0.4 is 20.9 Å². The van der Waals surface area contributed by atoms with Crippen molar-refractivity contribution in [2.75, 3.05) is 36.4 Å². The van der Waals surface area contributed by atoms with Crippen molar-refractivity contribution in [3.63, 3.8) is 0 Å². The lowest BCUT2D eigenvalue weighted by Gasteiger charge is -2.31. The first-order valence-electron chi connectivity index (χ1n) is 13.3. The SMILES string of the molecule is [B]N(CC)CCCNc1nc(-c2cc(C(=O)NCCC)ccc2C)c2c(n1)N(c1c(F)cccc1F)C(=O)NC2. The molecule has 0 saturated heterocycles. The third-order valence-electron chi connectivity index (χ3n) is 6.58. The Balaban J connectivity index is 1.85. The fraction of sp³-hybridized carbons (Fsp3) is 0.357. The van der Waals surface area contributed by atoms with E-state index in [1.54, 1.807) is 16.9 Å². The predicted molar refractivity (Wildman–Crippen MR) is 152 cm³/mol. The van der Waals surface area contributed by atoms with Crippen molar-refractivity contribution >= 4 is 37.4 Å². The van der Waals surface area contributed by atoms with Crippen LogP contribution in [-0.4, -0.2) is 60.9 Å². The zero-order chi connectivity index (χ0) is 28.8. The first-order chi connectivity index (χ1) is 19.2. The van der Waals surface area contributed by atoms with Crippen molar-refractivity contribution in [2.24, 2.45) is 0 Å². The van der Waals surface area contributed by atoms with Crippen molar-refractivity contribution in [2.45, 2.75) is 40.2 Å². The molecule has 2 radical (unpaired) electrons. The summed E-state index contributed by atoms with van der Waals surface area (Å²) in [6, 6.07) is 7.93. The fourth-order valence-corrected chi connectivity index (χ4v) is 4.37. The molecule has 0 fully saturated rings. The van der Waals surface area contributed by atoms with Gasteiger partial charge in [0, 0.05) is 29.8 Å². The van der Waals surface area contributed by atoms with E-state index in [-0.39, 0.29) is 24.2 Å². The summed E-state index contributed by atoms with van der Waals surface area (Å²) in [5.41, 5.74) is 2.25. The maximum Gasteiger partial charge on any atom is 0.328 e. The molecule has 0 bridgehead atoms. The van der Waals surface area contributed by atoms with Gasteiger partial charge in [-0.3, -0.25) is 4.79 Å². The zero-order valence-electron chi connectivity index (χ0n) is 22.9. The molecule has 9 nitrogen and oxygen atoms in total. The van der Waals surface area contributed by atoms with E-state index in [0.717, 1.165) is 29.0 Å². The largest absolute Gasteiger partial charge is 0.354 e. The number of benzene rings is 2. The molecule has 3 amide bonds. The molecule has 0 saturated carbocycles. The minimum absolute atomic E-state index is 0.0285. The topological polar surface area (TPSA) is 102 Å². The van der Waals surface area contributed by atoms with Crippen LogP contribution in [0, 0.1) is 18.6 Å². The Morgan fingerprint density at radius 1 is 1.15 bits per heavy atom. The third kappa shape index (κ3) is 6.22. The summed E-state index contributed by atoms with van der Waals surface area (Å²) in [5.74, 6) is -1.83. The molecule has 2 aromatic carbocycles. The highest BCUT2D eigenvalue weighted by molar-refractivity contribution is 6.04. The summed E-state index contributed by atoms with van der Waals surface area (Å²) in [4.78, 5) is 37.6. The van der Waals surface area contributed by atoms with Gasteiger partial charge in [-0.05, 0) is 62.7 Å². The van der Waals surface area contributed by atoms with E-state index in [1.807, 2.05) is 26.8 Å². The molecule has 1 aliphatic heterocycles. The number of fused-ring (bicyclic) bond motifs is 1. The molecular weight excluding hydrogens is 515 g/mol. The van der Waals surface area contributed by atoms with Gasteiger partial charge < -0.3 is 20.8 Å². The normalized spacial score (nSPS) is 12.8. The van der Waals surface area contributed by atoms with E-state index in [4.69, 9.17) is 13.0 Å². The van der Waals surface area contributed by atoms with Crippen LogP contribution in [0.15, 0.2) is 36.4 Å². The van der Waals surface area contributed by atoms with Gasteiger partial charge in [-0.1, -0.05) is 26.0 Å². The van der Waals surface area contributed by atoms with Gasteiger partial charge in [-0.25, -0.2) is 23.5 Å². The first kappa shape index (κ1) is 28.9. The van der Waals surface area contributed by atoms with E-state index >= 15 is 0 Å². The predicted octanol–water partition coefficient (Wildman–Crippen LogP) is 4.44. The minimum Gasteiger partial charge on any atom is -0.354 e. The van der Waals surface area contributed by atoms with Gasteiger partial charge in [0.2, 0.25) is 5.95 Å². The highest BCUT2D eigenvalue weighted by Gasteiger charge is 2.34. The van der Waals surface area contributed by atoms with Gasteiger partial charge in [-0.15, -0.1) is 0 Å². The lowest BCUT2D eigenvalue weighted by Crippen LogP contribution is -2.43. The second kappa shape index (κ2) is 12.9. The van der Waals surface area contributed by atoms with E-state index in [2.05, 4.69) is 20.9 Å². The van der Waals surface area contributed by atoms with Crippen LogP contribution >= 0.6 is 0 Å². The zero-order valence-corrected chi connectivity index (χ0v) is 22.9. The van der Waals surface area contributed by atoms with Crippen LogP contribution in [0.1, 0.15) is 48.2 Å². The molecule has 3 N–H and O–H groups in total. The number of nitrogens with one attached hydrogen (secondary N) is 3. The number of hydrogen-bond donors (Lipinski definition) is 3. The lowest BCUT2D eigenvalue weighted by molar-refractivity contribution is 0.0953. The smallest absolute Gasteiger partial charge is 0.328 e. The Bertz CT molecular complexity index is 1390. The molecule has 0 atom stereocenters. The summed E-state index contributed by atoms with van der Waals surface area (Å²) < 4.78 is 29.8. The fourth-order valence-electron chi connectivity index (χ4n) is 4.37. The van der Waals surface area contributed by atoms with E-state index in [1.165, 1.54) is 6.07 Å². The first-order valence-corrected chi connectivity index (χ1v) is 13.3. The molecule has 208 valence electrons. The molecule has 4 rings (SSSR count). The average molecular weight is 547 g/mol. The number of hydrogen-bond acceptors (Lipinski definition) is 6. The van der Waals surface area contributed by atoms with Gasteiger partial charge in [-0.2, -0.15) is 4.98 Å². The molecular formula is C28H32BF2N7O2. The highest BCUT2D eigenvalue weighted by Crippen LogP contribution is 2.39. The number of urea groups is 1. The van der Waals surface area contributed by atoms with E-state index < -0.39 is 23.4 Å². The van der Waals surface area contributed by atoms with Crippen LogP contribution in [0.2, 0.25) is 0 Å². The van der Waals surface area contributed by atoms with Gasteiger partial charge in [0.15, 0.2) is 13.8 Å². The average Bonchev–Trinajstić information content (AvgIpc) is 2.94. The van der Waals surface area contributed by atoms with Crippen molar-refractivity contribution < 1.29 is 18.4 Å². The second-order valence-electron chi connectivity index (χ2n) is 9.46. The van der Waals surface area contributed by atoms with Crippen LogP contribution in [0.25, 0.3) is 11.3 Å². The van der Waals surface area contributed by atoms with Gasteiger partial charge in [0.1, 0.15) is 17.3 Å². The molecule has 0 spiro atoms. The number of rotatable bonds is 11. The summed E-state index contributed by atoms with van der Waals surface area (Å²) >= 11 is 0. The number of nitrogens with zero attached hydrogens (tertiary/aromatic N) is 4. The van der Waals surface area contributed by atoms with Crippen LogP contribution in [0.4, 0.5) is 31.0 Å². The van der Waals surface area contributed by atoms with Gasteiger partial charge in [0.05, 0.1) is 12.2 Å². The molecule has 2 heterocycles. The quantitative estimate of drug-likeness (QED) is 0.243. The standard InChI is InChI=1S/C28H32BF2N7O2/c1-4-12-32-26(39)18-11-10-17(3)19(15-18)23-20-16-34-28(40)38(24-21(30)8-6-9-22(24)31)25(20)36-27(35-23)33-13-7-14-37(29)5-2/h6,8-11,15H,4-5,7,12-14,16H2,1-3H3,(H,32,39)(H,34,40)(H,33,35,36). The third-order valence-corrected chi connectivity index (χ3v) is 6.58. The molecule has 0 unspecified atom stereocenters. The lowest BCUT2D eigenvalue weighted by atomic mass is 9.97. The second-order valence-corrected chi connectivity index (χ2v) is 9.46.